The van der Waals surface area contributed by atoms with Gasteiger partial charge in [0.15, 0.2) is 0 Å². The number of unbranched alkanes of at least 4 members (excludes halogenated alkanes) is 1. The standard InChI is InChI=1S/C11H17FN2O/c1-15-5-3-2-4-14-11-7-9(12)6-10(13)8-11/h6-8,14H,2-5,13H2,1H3. The lowest BCUT2D eigenvalue weighted by Gasteiger charge is -2.07. The van der Waals surface area contributed by atoms with Crippen molar-refractivity contribution in [3.63, 3.8) is 0 Å². The van der Waals surface area contributed by atoms with Crippen LogP contribution in [0.3, 0.4) is 0 Å². The summed E-state index contributed by atoms with van der Waals surface area (Å²) in [6.45, 7) is 1.55. The molecule has 84 valence electrons. The number of ether oxygens (including phenoxy) is 1. The number of benzene rings is 1. The molecule has 15 heavy (non-hydrogen) atoms. The molecule has 0 bridgehead atoms. The molecule has 0 unspecified atom stereocenters. The van der Waals surface area contributed by atoms with Gasteiger partial charge in [0.1, 0.15) is 5.82 Å². The van der Waals surface area contributed by atoms with Crippen LogP contribution in [0.2, 0.25) is 0 Å². The number of nitrogens with two attached hydrogens (primary N) is 1. The largest absolute Gasteiger partial charge is 0.399 e. The first-order valence-corrected chi connectivity index (χ1v) is 5.01. The Bertz CT molecular complexity index is 284. The molecule has 0 amide bonds. The van der Waals surface area contributed by atoms with Crippen LogP contribution in [0.15, 0.2) is 18.2 Å². The summed E-state index contributed by atoms with van der Waals surface area (Å²) in [6.07, 6.45) is 1.98. The highest BCUT2D eigenvalue weighted by Gasteiger charge is 1.97. The Labute approximate surface area is 89.4 Å². The Balaban J connectivity index is 2.31. The summed E-state index contributed by atoms with van der Waals surface area (Å²) in [7, 11) is 1.68. The lowest BCUT2D eigenvalue weighted by atomic mass is 10.2. The van der Waals surface area contributed by atoms with Crippen molar-refractivity contribution in [2.45, 2.75) is 12.8 Å². The third-order valence-corrected chi connectivity index (χ3v) is 2.02. The van der Waals surface area contributed by atoms with Crippen molar-refractivity contribution < 1.29 is 9.13 Å². The third kappa shape index (κ3) is 4.65. The van der Waals surface area contributed by atoms with Gasteiger partial charge < -0.3 is 15.8 Å². The second kappa shape index (κ2) is 6.24. The Morgan fingerprint density at radius 2 is 2.13 bits per heavy atom. The van der Waals surface area contributed by atoms with Crippen LogP contribution in [-0.4, -0.2) is 20.3 Å². The highest BCUT2D eigenvalue weighted by Crippen LogP contribution is 2.15. The molecule has 3 nitrogen and oxygen atoms in total. The van der Waals surface area contributed by atoms with Gasteiger partial charge >= 0.3 is 0 Å². The Morgan fingerprint density at radius 1 is 1.33 bits per heavy atom. The van der Waals surface area contributed by atoms with E-state index in [1.54, 1.807) is 13.2 Å². The number of halogens is 1. The molecule has 1 rings (SSSR count). The topological polar surface area (TPSA) is 47.3 Å². The number of anilines is 2. The van der Waals surface area contributed by atoms with Crippen molar-refractivity contribution in [2.75, 3.05) is 31.3 Å². The van der Waals surface area contributed by atoms with Gasteiger partial charge in [0.2, 0.25) is 0 Å². The van der Waals surface area contributed by atoms with E-state index in [9.17, 15) is 4.39 Å². The average Bonchev–Trinajstić information content (AvgIpc) is 2.16. The van der Waals surface area contributed by atoms with Crippen LogP contribution in [0.4, 0.5) is 15.8 Å². The molecule has 0 atom stereocenters. The molecular weight excluding hydrogens is 195 g/mol. The number of nitrogens with one attached hydrogen (secondary N) is 1. The quantitative estimate of drug-likeness (QED) is 0.561. The number of hydrogen-bond donors (Lipinski definition) is 2. The van der Waals surface area contributed by atoms with Crippen molar-refractivity contribution in [3.8, 4) is 0 Å². The number of rotatable bonds is 6. The van der Waals surface area contributed by atoms with E-state index in [1.165, 1.54) is 12.1 Å². The summed E-state index contributed by atoms with van der Waals surface area (Å²) < 4.78 is 17.8. The SMILES string of the molecule is COCCCCNc1cc(N)cc(F)c1. The van der Waals surface area contributed by atoms with Gasteiger partial charge in [-0.1, -0.05) is 0 Å². The molecule has 4 heteroatoms. The number of nitrogen functional groups attached to an aromatic ring is 1. The van der Waals surface area contributed by atoms with Crippen LogP contribution in [0.25, 0.3) is 0 Å². The molecule has 0 aliphatic carbocycles. The van der Waals surface area contributed by atoms with Gasteiger partial charge in [0.05, 0.1) is 0 Å². The molecule has 1 aromatic rings. The predicted octanol–water partition coefficient (Wildman–Crippen LogP) is 2.25. The zero-order valence-electron chi connectivity index (χ0n) is 8.92. The molecule has 0 aromatic heterocycles. The van der Waals surface area contributed by atoms with Gasteiger partial charge in [0.25, 0.3) is 0 Å². The van der Waals surface area contributed by atoms with Crippen molar-refractivity contribution in [2.24, 2.45) is 0 Å². The first-order valence-electron chi connectivity index (χ1n) is 5.01. The molecular formula is C11H17FN2O. The Morgan fingerprint density at radius 3 is 2.80 bits per heavy atom. The summed E-state index contributed by atoms with van der Waals surface area (Å²) in [4.78, 5) is 0. The zero-order valence-corrected chi connectivity index (χ0v) is 8.92. The number of methoxy groups -OCH3 is 1. The summed E-state index contributed by atoms with van der Waals surface area (Å²) in [5, 5.41) is 3.11. The van der Waals surface area contributed by atoms with Gasteiger partial charge in [-0.2, -0.15) is 0 Å². The van der Waals surface area contributed by atoms with Gasteiger partial charge in [-0.3, -0.25) is 0 Å². The maximum atomic E-state index is 12.9. The third-order valence-electron chi connectivity index (χ3n) is 2.02. The minimum atomic E-state index is -0.311. The Hall–Kier alpha value is -1.29. The van der Waals surface area contributed by atoms with Crippen LogP contribution in [-0.2, 0) is 4.74 Å². The normalized spacial score (nSPS) is 10.3. The second-order valence-corrected chi connectivity index (χ2v) is 3.40. The first kappa shape index (κ1) is 11.8. The lowest BCUT2D eigenvalue weighted by Crippen LogP contribution is -2.03. The highest BCUT2D eigenvalue weighted by atomic mass is 19.1. The summed E-state index contributed by atoms with van der Waals surface area (Å²) in [5.41, 5.74) is 6.68. The van der Waals surface area contributed by atoms with Crippen LogP contribution in [0.1, 0.15) is 12.8 Å². The fraction of sp³-hybridized carbons (Fsp3) is 0.455. The summed E-state index contributed by atoms with van der Waals surface area (Å²) in [5.74, 6) is -0.311. The maximum Gasteiger partial charge on any atom is 0.127 e. The Kier molecular flexibility index (Phi) is 4.90. The van der Waals surface area contributed by atoms with Crippen molar-refractivity contribution in [3.05, 3.63) is 24.0 Å². The molecule has 0 saturated heterocycles. The molecule has 0 fully saturated rings. The summed E-state index contributed by atoms with van der Waals surface area (Å²) >= 11 is 0. The fourth-order valence-corrected chi connectivity index (χ4v) is 1.32. The van der Waals surface area contributed by atoms with Crippen molar-refractivity contribution in [1.82, 2.24) is 0 Å². The molecule has 0 spiro atoms. The lowest BCUT2D eigenvalue weighted by molar-refractivity contribution is 0.194. The predicted molar refractivity (Wildman–Crippen MR) is 60.4 cm³/mol. The van der Waals surface area contributed by atoms with Gasteiger partial charge in [-0.25, -0.2) is 4.39 Å². The van der Waals surface area contributed by atoms with E-state index in [-0.39, 0.29) is 5.82 Å². The minimum absolute atomic E-state index is 0.311. The van der Waals surface area contributed by atoms with Crippen LogP contribution < -0.4 is 11.1 Å². The van der Waals surface area contributed by atoms with Gasteiger partial charge in [-0.15, -0.1) is 0 Å². The van der Waals surface area contributed by atoms with E-state index in [4.69, 9.17) is 10.5 Å². The van der Waals surface area contributed by atoms with Crippen molar-refractivity contribution in [1.29, 1.82) is 0 Å². The van der Waals surface area contributed by atoms with E-state index < -0.39 is 0 Å². The number of hydrogen-bond acceptors (Lipinski definition) is 3. The van der Waals surface area contributed by atoms with E-state index >= 15 is 0 Å². The molecule has 0 heterocycles. The van der Waals surface area contributed by atoms with E-state index in [0.717, 1.165) is 31.7 Å². The van der Waals surface area contributed by atoms with Crippen molar-refractivity contribution >= 4 is 11.4 Å². The van der Waals surface area contributed by atoms with Crippen LogP contribution in [0.5, 0.6) is 0 Å². The maximum absolute atomic E-state index is 12.9. The zero-order chi connectivity index (χ0) is 11.1. The monoisotopic (exact) mass is 212 g/mol. The molecule has 0 radical (unpaired) electrons. The first-order chi connectivity index (χ1) is 7.22. The molecule has 3 N–H and O–H groups in total. The molecule has 1 aromatic carbocycles. The van der Waals surface area contributed by atoms with E-state index in [0.29, 0.717) is 5.69 Å². The molecule has 0 aliphatic rings. The second-order valence-electron chi connectivity index (χ2n) is 3.40. The summed E-state index contributed by atoms with van der Waals surface area (Å²) in [6, 6.07) is 4.46. The molecule has 0 saturated carbocycles. The smallest absolute Gasteiger partial charge is 0.127 e. The van der Waals surface area contributed by atoms with Gasteiger partial charge in [-0.05, 0) is 31.0 Å². The van der Waals surface area contributed by atoms with E-state index in [2.05, 4.69) is 5.32 Å². The highest BCUT2D eigenvalue weighted by molar-refractivity contribution is 5.54. The van der Waals surface area contributed by atoms with Crippen LogP contribution >= 0.6 is 0 Å². The minimum Gasteiger partial charge on any atom is -0.399 e. The average molecular weight is 212 g/mol. The van der Waals surface area contributed by atoms with E-state index in [1.807, 2.05) is 0 Å². The van der Waals surface area contributed by atoms with Crippen LogP contribution in [0, 0.1) is 5.82 Å². The fourth-order valence-electron chi connectivity index (χ4n) is 1.32. The van der Waals surface area contributed by atoms with Gasteiger partial charge in [0, 0.05) is 31.6 Å². The molecule has 0 aliphatic heterocycles.